The summed E-state index contributed by atoms with van der Waals surface area (Å²) in [6.07, 6.45) is 0.886. The molecule has 0 radical (unpaired) electrons. The average molecular weight is 351 g/mol. The van der Waals surface area contributed by atoms with Crippen molar-refractivity contribution in [3.8, 4) is 6.07 Å². The maximum absolute atomic E-state index is 12.8. The van der Waals surface area contributed by atoms with Crippen LogP contribution in [-0.2, 0) is 11.2 Å². The minimum absolute atomic E-state index is 0.0593. The zero-order valence-electron chi connectivity index (χ0n) is 15.0. The van der Waals surface area contributed by atoms with Gasteiger partial charge in [-0.1, -0.05) is 30.0 Å². The smallest absolute Gasteiger partial charge is 0.237 e. The van der Waals surface area contributed by atoms with E-state index in [4.69, 9.17) is 0 Å². The minimum atomic E-state index is 0.0593. The van der Waals surface area contributed by atoms with Gasteiger partial charge in [0, 0.05) is 17.4 Å². The van der Waals surface area contributed by atoms with Gasteiger partial charge in [-0.15, -0.1) is 0 Å². The summed E-state index contributed by atoms with van der Waals surface area (Å²) in [5.74, 6) is 0.339. The number of benzene rings is 1. The number of aryl methyl sites for hydroxylation is 1. The maximum Gasteiger partial charge on any atom is 0.237 e. The fraction of sp³-hybridized carbons (Fsp3) is 0.350. The van der Waals surface area contributed by atoms with Crippen LogP contribution >= 0.6 is 11.8 Å². The highest BCUT2D eigenvalue weighted by molar-refractivity contribution is 8.00. The fourth-order valence-electron chi connectivity index (χ4n) is 3.29. The molecule has 4 nitrogen and oxygen atoms in total. The largest absolute Gasteiger partial charge is 0.308 e. The number of pyridine rings is 1. The highest BCUT2D eigenvalue weighted by Gasteiger charge is 2.30. The Morgan fingerprint density at radius 3 is 2.76 bits per heavy atom. The van der Waals surface area contributed by atoms with Gasteiger partial charge in [-0.2, -0.15) is 5.26 Å². The van der Waals surface area contributed by atoms with Crippen molar-refractivity contribution in [2.45, 2.75) is 45.2 Å². The normalized spacial score (nSPS) is 15.8. The lowest BCUT2D eigenvalue weighted by Crippen LogP contribution is -2.37. The van der Waals surface area contributed by atoms with Crippen LogP contribution < -0.4 is 4.90 Å². The number of fused-ring (bicyclic) bond motifs is 1. The molecule has 1 amide bonds. The van der Waals surface area contributed by atoms with E-state index >= 15 is 0 Å². The lowest BCUT2D eigenvalue weighted by atomic mass is 10.1. The number of carbonyl (C=O) groups is 1. The second kappa shape index (κ2) is 6.89. The van der Waals surface area contributed by atoms with Crippen LogP contribution in [-0.4, -0.2) is 22.7 Å². The number of thioether (sulfide) groups is 1. The second-order valence-corrected chi connectivity index (χ2v) is 7.44. The molecule has 0 spiro atoms. The minimum Gasteiger partial charge on any atom is -0.308 e. The highest BCUT2D eigenvalue weighted by Crippen LogP contribution is 2.33. The number of aromatic nitrogens is 1. The summed E-state index contributed by atoms with van der Waals surface area (Å²) >= 11 is 1.36. The van der Waals surface area contributed by atoms with Crippen LogP contribution in [0.25, 0.3) is 0 Å². The third-order valence-corrected chi connectivity index (χ3v) is 5.84. The molecule has 1 aliphatic heterocycles. The predicted molar refractivity (Wildman–Crippen MR) is 101 cm³/mol. The van der Waals surface area contributed by atoms with Crippen molar-refractivity contribution < 1.29 is 4.79 Å². The molecular formula is C20H21N3OS. The number of nitrogens with zero attached hydrogens (tertiary/aromatic N) is 3. The Kier molecular flexibility index (Phi) is 4.82. The molecule has 0 N–H and O–H groups in total. The van der Waals surface area contributed by atoms with Gasteiger partial charge in [0.2, 0.25) is 5.91 Å². The van der Waals surface area contributed by atoms with Crippen molar-refractivity contribution in [2.24, 2.45) is 0 Å². The highest BCUT2D eigenvalue weighted by atomic mass is 32.2. The Morgan fingerprint density at radius 1 is 1.32 bits per heavy atom. The molecule has 0 saturated carbocycles. The molecule has 25 heavy (non-hydrogen) atoms. The molecule has 128 valence electrons. The Balaban J connectivity index is 1.81. The van der Waals surface area contributed by atoms with Crippen LogP contribution in [0.2, 0.25) is 0 Å². The van der Waals surface area contributed by atoms with Crippen LogP contribution in [0.15, 0.2) is 29.3 Å². The number of nitriles is 1. The molecule has 0 saturated heterocycles. The summed E-state index contributed by atoms with van der Waals surface area (Å²) in [4.78, 5) is 19.2. The lowest BCUT2D eigenvalue weighted by molar-refractivity contribution is -0.116. The molecule has 1 aliphatic rings. The van der Waals surface area contributed by atoms with E-state index in [-0.39, 0.29) is 17.7 Å². The molecule has 1 aromatic heterocycles. The van der Waals surface area contributed by atoms with E-state index in [1.54, 1.807) is 0 Å². The van der Waals surface area contributed by atoms with E-state index in [0.717, 1.165) is 28.9 Å². The molecule has 2 aromatic rings. The number of amides is 1. The number of carbonyl (C=O) groups excluding carboxylic acids is 1. The first kappa shape index (κ1) is 17.5. The van der Waals surface area contributed by atoms with Crippen molar-refractivity contribution in [3.05, 3.63) is 52.2 Å². The molecule has 2 heterocycles. The maximum atomic E-state index is 12.8. The van der Waals surface area contributed by atoms with E-state index in [1.165, 1.54) is 17.3 Å². The number of para-hydroxylation sites is 1. The van der Waals surface area contributed by atoms with E-state index in [0.29, 0.717) is 10.6 Å². The first-order valence-corrected chi connectivity index (χ1v) is 9.33. The number of rotatable bonds is 3. The third-order valence-electron chi connectivity index (χ3n) is 4.88. The summed E-state index contributed by atoms with van der Waals surface area (Å²) in [6, 6.07) is 10.5. The molecule has 0 bridgehead atoms. The van der Waals surface area contributed by atoms with Crippen molar-refractivity contribution >= 4 is 23.4 Å². The van der Waals surface area contributed by atoms with E-state index in [9.17, 15) is 10.1 Å². The molecule has 0 unspecified atom stereocenters. The molecule has 0 fully saturated rings. The van der Waals surface area contributed by atoms with Crippen molar-refractivity contribution in [2.75, 3.05) is 10.7 Å². The molecule has 5 heteroatoms. The zero-order chi connectivity index (χ0) is 18.1. The van der Waals surface area contributed by atoms with Gasteiger partial charge in [0.1, 0.15) is 11.1 Å². The van der Waals surface area contributed by atoms with Gasteiger partial charge in [-0.05, 0) is 56.9 Å². The quantitative estimate of drug-likeness (QED) is 0.786. The Bertz CT molecular complexity index is 885. The number of anilines is 1. The monoisotopic (exact) mass is 351 g/mol. The summed E-state index contributed by atoms with van der Waals surface area (Å²) < 4.78 is 0. The lowest BCUT2D eigenvalue weighted by Gasteiger charge is -2.22. The first-order chi connectivity index (χ1) is 11.9. The average Bonchev–Trinajstić information content (AvgIpc) is 2.93. The van der Waals surface area contributed by atoms with Gasteiger partial charge in [0.05, 0.1) is 11.3 Å². The standard InChI is InChI=1S/C20H21N3OS/c1-12-9-16-7-5-6-8-18(16)23(12)19(24)11-25-20-17(10-21)14(3)13(2)15(4)22-20/h5-8,12H,9,11H2,1-4H3/t12-/m1/s1. The Morgan fingerprint density at radius 2 is 2.04 bits per heavy atom. The third kappa shape index (κ3) is 3.14. The Labute approximate surface area is 152 Å². The van der Waals surface area contributed by atoms with Gasteiger partial charge in [0.25, 0.3) is 0 Å². The van der Waals surface area contributed by atoms with Crippen LogP contribution in [0.1, 0.15) is 34.9 Å². The summed E-state index contributed by atoms with van der Waals surface area (Å²) in [5.41, 5.74) is 5.69. The first-order valence-electron chi connectivity index (χ1n) is 8.34. The fourth-order valence-corrected chi connectivity index (χ4v) is 4.24. The number of hydrogen-bond acceptors (Lipinski definition) is 4. The van der Waals surface area contributed by atoms with Crippen LogP contribution in [0.3, 0.4) is 0 Å². The van der Waals surface area contributed by atoms with E-state index in [2.05, 4.69) is 24.0 Å². The molecular weight excluding hydrogens is 330 g/mol. The topological polar surface area (TPSA) is 57.0 Å². The number of hydrogen-bond donors (Lipinski definition) is 0. The summed E-state index contributed by atoms with van der Waals surface area (Å²) in [6.45, 7) is 7.92. The molecule has 1 atom stereocenters. The summed E-state index contributed by atoms with van der Waals surface area (Å²) in [5, 5.41) is 10.1. The van der Waals surface area contributed by atoms with Crippen molar-refractivity contribution in [3.63, 3.8) is 0 Å². The van der Waals surface area contributed by atoms with Gasteiger partial charge < -0.3 is 4.90 Å². The van der Waals surface area contributed by atoms with E-state index < -0.39 is 0 Å². The van der Waals surface area contributed by atoms with Crippen molar-refractivity contribution in [1.29, 1.82) is 5.26 Å². The molecule has 0 aliphatic carbocycles. The zero-order valence-corrected chi connectivity index (χ0v) is 15.8. The van der Waals surface area contributed by atoms with Crippen LogP contribution in [0, 0.1) is 32.1 Å². The van der Waals surface area contributed by atoms with Crippen molar-refractivity contribution in [1.82, 2.24) is 4.98 Å². The van der Waals surface area contributed by atoms with Gasteiger partial charge >= 0.3 is 0 Å². The van der Waals surface area contributed by atoms with Crippen LogP contribution in [0.4, 0.5) is 5.69 Å². The van der Waals surface area contributed by atoms with E-state index in [1.807, 2.05) is 43.9 Å². The molecule has 3 rings (SSSR count). The van der Waals surface area contributed by atoms with Gasteiger partial charge in [-0.3, -0.25) is 4.79 Å². The predicted octanol–water partition coefficient (Wildman–Crippen LogP) is 3.95. The SMILES string of the molecule is Cc1nc(SCC(=O)N2c3ccccc3C[C@H]2C)c(C#N)c(C)c1C. The van der Waals surface area contributed by atoms with Gasteiger partial charge in [0.15, 0.2) is 0 Å². The Hall–Kier alpha value is -2.32. The van der Waals surface area contributed by atoms with Crippen LogP contribution in [0.5, 0.6) is 0 Å². The molecule has 1 aromatic carbocycles. The summed E-state index contributed by atoms with van der Waals surface area (Å²) in [7, 11) is 0. The second-order valence-electron chi connectivity index (χ2n) is 6.47. The van der Waals surface area contributed by atoms with Gasteiger partial charge in [-0.25, -0.2) is 4.98 Å².